The molecule has 1 heterocycles. The molecule has 9 heteroatoms. The molecule has 1 aromatic carbocycles. The number of ether oxygens (including phenoxy) is 2. The number of hydrogen-bond acceptors (Lipinski definition) is 9. The molecule has 0 saturated carbocycles. The van der Waals surface area contributed by atoms with Crippen molar-refractivity contribution in [1.29, 1.82) is 0 Å². The summed E-state index contributed by atoms with van der Waals surface area (Å²) >= 11 is 0. The highest BCUT2D eigenvalue weighted by molar-refractivity contribution is 5.97. The van der Waals surface area contributed by atoms with Gasteiger partial charge in [-0.1, -0.05) is 0 Å². The molecule has 0 aromatic heterocycles. The van der Waals surface area contributed by atoms with Crippen molar-refractivity contribution in [2.24, 2.45) is 0 Å². The van der Waals surface area contributed by atoms with Gasteiger partial charge in [0.15, 0.2) is 17.3 Å². The third kappa shape index (κ3) is 3.23. The molecule has 6 N–H and O–H groups in total. The molecule has 23 heavy (non-hydrogen) atoms. The average Bonchev–Trinajstić information content (AvgIpc) is 2.51. The zero-order valence-electron chi connectivity index (χ0n) is 12.2. The Morgan fingerprint density at radius 2 is 1.78 bits per heavy atom. The van der Waals surface area contributed by atoms with Crippen LogP contribution < -0.4 is 4.74 Å². The number of carbonyl (C=O) groups excluding carboxylic acids is 1. The molecule has 0 spiro atoms. The molecular formula is C14H18O9. The summed E-state index contributed by atoms with van der Waals surface area (Å²) in [5.74, 6) is -2.22. The van der Waals surface area contributed by atoms with E-state index in [4.69, 9.17) is 14.6 Å². The lowest BCUT2D eigenvalue weighted by Gasteiger charge is -2.39. The molecule has 128 valence electrons. The summed E-state index contributed by atoms with van der Waals surface area (Å²) in [4.78, 5) is 11.3. The Morgan fingerprint density at radius 1 is 1.13 bits per heavy atom. The second-order valence-electron chi connectivity index (χ2n) is 5.18. The summed E-state index contributed by atoms with van der Waals surface area (Å²) in [7, 11) is 0. The van der Waals surface area contributed by atoms with E-state index in [1.165, 1.54) is 19.1 Å². The van der Waals surface area contributed by atoms with Crippen molar-refractivity contribution < 1.29 is 44.9 Å². The Labute approximate surface area is 130 Å². The Balaban J connectivity index is 2.24. The lowest BCUT2D eigenvalue weighted by atomic mass is 9.99. The van der Waals surface area contributed by atoms with Gasteiger partial charge in [-0.3, -0.25) is 4.79 Å². The van der Waals surface area contributed by atoms with Gasteiger partial charge in [0, 0.05) is 0 Å². The van der Waals surface area contributed by atoms with Crippen LogP contribution in [0, 0.1) is 0 Å². The number of aliphatic hydroxyl groups is 4. The van der Waals surface area contributed by atoms with E-state index in [-0.39, 0.29) is 11.3 Å². The first-order valence-corrected chi connectivity index (χ1v) is 6.81. The van der Waals surface area contributed by atoms with E-state index in [9.17, 15) is 30.3 Å². The van der Waals surface area contributed by atoms with E-state index in [0.717, 1.165) is 0 Å². The lowest BCUT2D eigenvalue weighted by molar-refractivity contribution is -0.277. The molecule has 1 aromatic rings. The minimum Gasteiger partial charge on any atom is -0.504 e. The van der Waals surface area contributed by atoms with Gasteiger partial charge in [0.1, 0.15) is 24.4 Å². The van der Waals surface area contributed by atoms with Crippen LogP contribution in [0.25, 0.3) is 0 Å². The number of aliphatic hydroxyl groups excluding tert-OH is 4. The summed E-state index contributed by atoms with van der Waals surface area (Å²) in [6, 6.07) is 2.38. The number of hydrogen-bond donors (Lipinski definition) is 6. The van der Waals surface area contributed by atoms with E-state index in [1.54, 1.807) is 0 Å². The van der Waals surface area contributed by atoms with E-state index in [0.29, 0.717) is 0 Å². The average molecular weight is 330 g/mol. The van der Waals surface area contributed by atoms with Gasteiger partial charge in [0.25, 0.3) is 0 Å². The van der Waals surface area contributed by atoms with Crippen LogP contribution in [0.5, 0.6) is 17.2 Å². The third-order valence-electron chi connectivity index (χ3n) is 3.59. The number of carbonyl (C=O) groups is 1. The second kappa shape index (κ2) is 6.69. The van der Waals surface area contributed by atoms with E-state index in [1.807, 2.05) is 0 Å². The predicted molar refractivity (Wildman–Crippen MR) is 74.2 cm³/mol. The first-order valence-electron chi connectivity index (χ1n) is 6.81. The fourth-order valence-electron chi connectivity index (χ4n) is 2.23. The van der Waals surface area contributed by atoms with E-state index in [2.05, 4.69) is 0 Å². The second-order valence-corrected chi connectivity index (χ2v) is 5.18. The number of benzene rings is 1. The normalized spacial score (nSPS) is 30.9. The predicted octanol–water partition coefficient (Wildman–Crippen LogP) is -1.52. The van der Waals surface area contributed by atoms with Crippen LogP contribution in [-0.4, -0.2) is 73.7 Å². The van der Waals surface area contributed by atoms with Crippen LogP contribution in [0.2, 0.25) is 0 Å². The summed E-state index contributed by atoms with van der Waals surface area (Å²) in [6.07, 6.45) is -7.54. The largest absolute Gasteiger partial charge is 0.504 e. The van der Waals surface area contributed by atoms with E-state index >= 15 is 0 Å². The Morgan fingerprint density at radius 3 is 2.35 bits per heavy atom. The van der Waals surface area contributed by atoms with Gasteiger partial charge in [-0.05, 0) is 19.1 Å². The molecule has 2 rings (SSSR count). The van der Waals surface area contributed by atoms with Crippen molar-refractivity contribution in [2.75, 3.05) is 6.61 Å². The van der Waals surface area contributed by atoms with Crippen molar-refractivity contribution in [2.45, 2.75) is 37.6 Å². The Hall–Kier alpha value is -1.91. The smallest absolute Gasteiger partial charge is 0.229 e. The van der Waals surface area contributed by atoms with Crippen LogP contribution in [-0.2, 0) is 4.74 Å². The van der Waals surface area contributed by atoms with Gasteiger partial charge in [-0.15, -0.1) is 0 Å². The molecule has 0 bridgehead atoms. The van der Waals surface area contributed by atoms with Gasteiger partial charge in [-0.25, -0.2) is 0 Å². The monoisotopic (exact) mass is 330 g/mol. The Kier molecular flexibility index (Phi) is 5.07. The molecule has 1 aliphatic rings. The van der Waals surface area contributed by atoms with Gasteiger partial charge in [-0.2, -0.15) is 0 Å². The zero-order valence-corrected chi connectivity index (χ0v) is 12.2. The van der Waals surface area contributed by atoms with Crippen LogP contribution >= 0.6 is 0 Å². The van der Waals surface area contributed by atoms with Gasteiger partial charge >= 0.3 is 0 Å². The fourth-order valence-corrected chi connectivity index (χ4v) is 2.23. The highest BCUT2D eigenvalue weighted by atomic mass is 16.7. The van der Waals surface area contributed by atoms with Crippen LogP contribution in [0.15, 0.2) is 12.1 Å². The summed E-state index contributed by atoms with van der Waals surface area (Å²) in [5, 5.41) is 57.9. The Bertz CT molecular complexity index is 586. The van der Waals surface area contributed by atoms with Crippen molar-refractivity contribution >= 4 is 5.78 Å². The molecule has 1 fully saturated rings. The highest BCUT2D eigenvalue weighted by Gasteiger charge is 2.45. The first-order chi connectivity index (χ1) is 10.8. The number of Topliss-reactive ketones (excluding diaryl/α,β-unsaturated/α-hetero) is 1. The van der Waals surface area contributed by atoms with Crippen molar-refractivity contribution in [1.82, 2.24) is 0 Å². The van der Waals surface area contributed by atoms with E-state index < -0.39 is 54.6 Å². The maximum absolute atomic E-state index is 11.3. The zero-order chi connectivity index (χ0) is 17.3. The standard InChI is InChI=1S/C14H18O9/c1-5(16)6-2-3-7(10(18)9(6)17)22-14-13(21)12(20)11(19)8(4-15)23-14/h2-3,8,11-15,17-21H,4H2,1H3. The molecule has 1 aliphatic heterocycles. The summed E-state index contributed by atoms with van der Waals surface area (Å²) in [6.45, 7) is 0.567. The van der Waals surface area contributed by atoms with Gasteiger partial charge < -0.3 is 40.1 Å². The molecule has 1 saturated heterocycles. The van der Waals surface area contributed by atoms with Crippen molar-refractivity contribution in [3.8, 4) is 17.2 Å². The number of phenols is 2. The van der Waals surface area contributed by atoms with Crippen LogP contribution in [0.3, 0.4) is 0 Å². The number of phenolic OH excluding ortho intramolecular Hbond substituents is 2. The molecule has 5 atom stereocenters. The van der Waals surface area contributed by atoms with Crippen LogP contribution in [0.1, 0.15) is 17.3 Å². The number of ketones is 1. The van der Waals surface area contributed by atoms with Crippen molar-refractivity contribution in [3.63, 3.8) is 0 Å². The topological polar surface area (TPSA) is 157 Å². The molecule has 0 radical (unpaired) electrons. The first kappa shape index (κ1) is 17.4. The number of aromatic hydroxyl groups is 2. The maximum Gasteiger partial charge on any atom is 0.229 e. The minimum atomic E-state index is -1.66. The minimum absolute atomic E-state index is 0.122. The third-order valence-corrected chi connectivity index (χ3v) is 3.59. The summed E-state index contributed by atoms with van der Waals surface area (Å²) in [5.41, 5.74) is -0.122. The molecule has 0 amide bonds. The van der Waals surface area contributed by atoms with Gasteiger partial charge in [0.05, 0.1) is 12.2 Å². The van der Waals surface area contributed by atoms with Crippen LogP contribution in [0.4, 0.5) is 0 Å². The lowest BCUT2D eigenvalue weighted by Crippen LogP contribution is -2.60. The van der Waals surface area contributed by atoms with Gasteiger partial charge in [0.2, 0.25) is 12.0 Å². The highest BCUT2D eigenvalue weighted by Crippen LogP contribution is 2.39. The quantitative estimate of drug-likeness (QED) is 0.285. The molecule has 0 aliphatic carbocycles. The molecular weight excluding hydrogens is 312 g/mol. The fraction of sp³-hybridized carbons (Fsp3) is 0.500. The molecule has 5 unspecified atom stereocenters. The molecule has 9 nitrogen and oxygen atoms in total. The SMILES string of the molecule is CC(=O)c1ccc(OC2OC(CO)C(O)C(O)C2O)c(O)c1O. The number of rotatable bonds is 4. The summed E-state index contributed by atoms with van der Waals surface area (Å²) < 4.78 is 10.3. The van der Waals surface area contributed by atoms with Crippen molar-refractivity contribution in [3.05, 3.63) is 17.7 Å². The maximum atomic E-state index is 11.3.